The van der Waals surface area contributed by atoms with E-state index in [4.69, 9.17) is 38.6 Å². The molecule has 2 heterocycles. The van der Waals surface area contributed by atoms with Crippen molar-refractivity contribution in [3.05, 3.63) is 23.1 Å². The molecule has 19 nitrogen and oxygen atoms in total. The molecular weight excluding hydrogens is 740 g/mol. The average Bonchev–Trinajstić information content (AvgIpc) is 3.08. The number of hydrogen-bond donors (Lipinski definition) is 6. The van der Waals surface area contributed by atoms with Gasteiger partial charge in [-0.25, -0.2) is 9.59 Å². The molecule has 300 valence electrons. The second kappa shape index (κ2) is 18.1. The molecule has 0 unspecified atom stereocenters. The number of methoxy groups -OCH3 is 1. The van der Waals surface area contributed by atoms with Crippen molar-refractivity contribution in [3.63, 3.8) is 0 Å². The number of ether oxygens (including phenoxy) is 7. The van der Waals surface area contributed by atoms with Crippen LogP contribution in [0, 0.1) is 11.3 Å². The van der Waals surface area contributed by atoms with Gasteiger partial charge in [-0.15, -0.1) is 0 Å². The van der Waals surface area contributed by atoms with Crippen LogP contribution in [0.5, 0.6) is 0 Å². The van der Waals surface area contributed by atoms with Crippen LogP contribution in [0.4, 0.5) is 0 Å². The number of allylic oxidation sites excluding steroid dienone is 1. The number of carbonyl (C=O) groups excluding carboxylic acids is 4. The van der Waals surface area contributed by atoms with Crippen LogP contribution in [0.3, 0.4) is 0 Å². The molecular formula is C34H46N2O17S. The molecule has 0 spiro atoms. The van der Waals surface area contributed by atoms with Gasteiger partial charge in [0.1, 0.15) is 54.2 Å². The largest absolute Gasteiger partial charge is 0.508 e. The predicted octanol–water partition coefficient (Wildman–Crippen LogP) is 0.461. The number of nitrogens with one attached hydrogen (secondary N) is 1. The molecule has 0 aromatic heterocycles. The van der Waals surface area contributed by atoms with Gasteiger partial charge in [0.05, 0.1) is 23.8 Å². The normalized spacial score (nSPS) is 33.8. The van der Waals surface area contributed by atoms with Crippen molar-refractivity contribution in [2.45, 2.75) is 127 Å². The zero-order chi connectivity index (χ0) is 40.9. The maximum Gasteiger partial charge on any atom is 0.357 e. The Balaban J connectivity index is 2.13. The Morgan fingerprint density at radius 1 is 1.17 bits per heavy atom. The van der Waals surface area contributed by atoms with Gasteiger partial charge < -0.3 is 58.7 Å². The van der Waals surface area contributed by atoms with Gasteiger partial charge in [-0.3, -0.25) is 19.8 Å². The Morgan fingerprint density at radius 3 is 2.35 bits per heavy atom. The molecule has 20 heteroatoms. The average molecular weight is 787 g/mol. The molecule has 0 aromatic carbocycles. The fraction of sp³-hybridized carbons (Fsp3) is 0.676. The molecule has 2 saturated heterocycles. The minimum atomic E-state index is -3.03. The SMILES string of the molecule is C/C=C(/N=C=S)C(=O)O[C@@H]1[C@H](O[C@@H]2C[C@@H](OC)[C@](O)([C@H](C)OC(=O)CC(C)C)[C@H](C)O2)[C@H](O)[C@@H]([C@@]2(O)CC(=O)C(=N)C(C(=O)O)=C2O)O[C@H]1COC(C)=O. The van der Waals surface area contributed by atoms with Gasteiger partial charge in [-0.05, 0) is 38.9 Å². The third-order valence-electron chi connectivity index (χ3n) is 9.35. The summed E-state index contributed by atoms with van der Waals surface area (Å²) in [5.74, 6) is -7.22. The van der Waals surface area contributed by atoms with E-state index in [-0.39, 0.29) is 24.5 Å². The summed E-state index contributed by atoms with van der Waals surface area (Å²) in [5.41, 5.74) is -7.73. The number of esters is 3. The van der Waals surface area contributed by atoms with Crippen molar-refractivity contribution in [1.82, 2.24) is 0 Å². The topological polar surface area (TPSA) is 287 Å². The maximum absolute atomic E-state index is 13.3. The first-order chi connectivity index (χ1) is 25.2. The molecule has 0 radical (unpaired) electrons. The van der Waals surface area contributed by atoms with Crippen LogP contribution in [0.15, 0.2) is 28.1 Å². The Morgan fingerprint density at radius 2 is 1.81 bits per heavy atom. The van der Waals surface area contributed by atoms with Crippen LogP contribution in [0.2, 0.25) is 0 Å². The molecule has 11 atom stereocenters. The smallest absolute Gasteiger partial charge is 0.357 e. The van der Waals surface area contributed by atoms with Crippen molar-refractivity contribution in [2.75, 3.05) is 13.7 Å². The minimum Gasteiger partial charge on any atom is -0.508 e. The molecule has 0 bridgehead atoms. The summed E-state index contributed by atoms with van der Waals surface area (Å²) in [6.07, 6.45) is -14.9. The Kier molecular flexibility index (Phi) is 14.9. The standard InChI is InChI=1S/C34H46N2O17S/c1-8-18(36-13-54)32(44)53-27-20(12-48-17(6)37)51-30(33(45)11-19(38)25(35)24(29(33)41)31(42)43)26(40)28(27)52-23-10-21(47-7)34(46,16(5)50-23)15(4)49-22(39)9-14(2)3/h8,14-16,20-21,23,26-28,30,35,40-41,45-46H,9-12H2,1-7H3,(H,42,43)/b18-8+,35-25?/t15-,16-,20-,21+,23+,26-,27-,28+,30-,33+,34-/m0/s1. The van der Waals surface area contributed by atoms with Crippen molar-refractivity contribution < 1.29 is 82.7 Å². The molecule has 3 rings (SSSR count). The van der Waals surface area contributed by atoms with Gasteiger partial charge in [0, 0.05) is 26.9 Å². The van der Waals surface area contributed by atoms with Crippen LogP contribution >= 0.6 is 12.2 Å². The number of carboxylic acids is 1. The Bertz CT molecular complexity index is 1610. The Labute approximate surface area is 315 Å². The third-order valence-corrected chi connectivity index (χ3v) is 9.44. The molecule has 6 N–H and O–H groups in total. The quantitative estimate of drug-likeness (QED) is 0.0458. The molecule has 2 aliphatic heterocycles. The lowest BCUT2D eigenvalue weighted by atomic mass is 9.74. The Hall–Kier alpha value is -3.98. The zero-order valence-electron chi connectivity index (χ0n) is 30.7. The van der Waals surface area contributed by atoms with E-state index in [2.05, 4.69) is 17.2 Å². The summed E-state index contributed by atoms with van der Waals surface area (Å²) in [5, 5.41) is 66.1. The number of ketones is 1. The van der Waals surface area contributed by atoms with Gasteiger partial charge in [0.15, 0.2) is 35.1 Å². The fourth-order valence-corrected chi connectivity index (χ4v) is 6.68. The number of aliphatic imine (C=N–C) groups is 1. The highest BCUT2D eigenvalue weighted by Crippen LogP contribution is 2.42. The van der Waals surface area contributed by atoms with E-state index in [0.717, 1.165) is 6.92 Å². The fourth-order valence-electron chi connectivity index (χ4n) is 6.58. The van der Waals surface area contributed by atoms with E-state index in [1.54, 1.807) is 0 Å². The number of aliphatic carboxylic acids is 1. The number of thiocarbonyl (C=S) groups is 1. The van der Waals surface area contributed by atoms with Gasteiger partial charge in [0.2, 0.25) is 0 Å². The van der Waals surface area contributed by atoms with Gasteiger partial charge in [-0.1, -0.05) is 19.9 Å². The first kappa shape index (κ1) is 44.4. The molecule has 1 aliphatic carbocycles. The van der Waals surface area contributed by atoms with Crippen LogP contribution in [-0.2, 0) is 57.1 Å². The third kappa shape index (κ3) is 9.27. The van der Waals surface area contributed by atoms with Crippen molar-refractivity contribution in [2.24, 2.45) is 10.9 Å². The lowest BCUT2D eigenvalue weighted by Gasteiger charge is -2.52. The van der Waals surface area contributed by atoms with Gasteiger partial charge in [0.25, 0.3) is 0 Å². The number of isothiocyanates is 1. The number of carboxylic acid groups (broad SMARTS) is 1. The number of hydrogen-bond acceptors (Lipinski definition) is 19. The van der Waals surface area contributed by atoms with E-state index in [1.165, 1.54) is 34.0 Å². The predicted molar refractivity (Wildman–Crippen MR) is 184 cm³/mol. The number of aliphatic hydroxyl groups excluding tert-OH is 2. The number of Topliss-reactive ketones (excluding diaryl/α,β-unsaturated/α-hetero) is 1. The van der Waals surface area contributed by atoms with Gasteiger partial charge in [-0.2, -0.15) is 4.99 Å². The molecule has 0 saturated carbocycles. The lowest BCUT2D eigenvalue weighted by molar-refractivity contribution is -0.345. The van der Waals surface area contributed by atoms with Gasteiger partial charge >= 0.3 is 23.9 Å². The second-order valence-electron chi connectivity index (χ2n) is 13.4. The van der Waals surface area contributed by atoms with Crippen LogP contribution in [0.1, 0.15) is 60.8 Å². The van der Waals surface area contributed by atoms with E-state index in [9.17, 15) is 49.5 Å². The zero-order valence-corrected chi connectivity index (χ0v) is 31.5. The summed E-state index contributed by atoms with van der Waals surface area (Å²) < 4.78 is 40.0. The molecule has 54 heavy (non-hydrogen) atoms. The number of rotatable bonds is 14. The van der Waals surface area contributed by atoms with Crippen LogP contribution < -0.4 is 0 Å². The first-order valence-corrected chi connectivity index (χ1v) is 17.3. The highest BCUT2D eigenvalue weighted by molar-refractivity contribution is 7.78. The first-order valence-electron chi connectivity index (χ1n) is 16.9. The number of aliphatic hydroxyl groups is 4. The van der Waals surface area contributed by atoms with Crippen LogP contribution in [-0.4, -0.2) is 146 Å². The summed E-state index contributed by atoms with van der Waals surface area (Å²) in [6.45, 7) is 8.21. The van der Waals surface area contributed by atoms with Crippen LogP contribution in [0.25, 0.3) is 0 Å². The molecule has 0 aromatic rings. The highest BCUT2D eigenvalue weighted by atomic mass is 32.1. The minimum absolute atomic E-state index is 0.0351. The molecule has 2 fully saturated rings. The van der Waals surface area contributed by atoms with Crippen molar-refractivity contribution in [3.8, 4) is 0 Å². The summed E-state index contributed by atoms with van der Waals surface area (Å²) in [6, 6.07) is 0. The van der Waals surface area contributed by atoms with E-state index in [0.29, 0.717) is 0 Å². The highest BCUT2D eigenvalue weighted by Gasteiger charge is 2.62. The van der Waals surface area contributed by atoms with E-state index >= 15 is 0 Å². The monoisotopic (exact) mass is 786 g/mol. The van der Waals surface area contributed by atoms with Crippen molar-refractivity contribution >= 4 is 52.8 Å². The number of carbonyl (C=O) groups is 5. The van der Waals surface area contributed by atoms with E-state index < -0.39 is 126 Å². The number of nitrogens with zero attached hydrogens (tertiary/aromatic N) is 1. The lowest BCUT2D eigenvalue weighted by Crippen LogP contribution is -2.70. The van der Waals surface area contributed by atoms with E-state index in [1.807, 2.05) is 19.0 Å². The summed E-state index contributed by atoms with van der Waals surface area (Å²) >= 11 is 4.60. The molecule has 0 amide bonds. The second-order valence-corrected chi connectivity index (χ2v) is 13.6. The summed E-state index contributed by atoms with van der Waals surface area (Å²) in [7, 11) is 1.27. The van der Waals surface area contributed by atoms with Crippen molar-refractivity contribution in [1.29, 1.82) is 5.41 Å². The maximum atomic E-state index is 13.3. The molecule has 3 aliphatic rings. The summed E-state index contributed by atoms with van der Waals surface area (Å²) in [4.78, 5) is 66.2.